The van der Waals surface area contributed by atoms with Crippen LogP contribution in [0.4, 0.5) is 0 Å². The molecule has 1 unspecified atom stereocenters. The van der Waals surface area contributed by atoms with Gasteiger partial charge in [0.25, 0.3) is 0 Å². The summed E-state index contributed by atoms with van der Waals surface area (Å²) in [6.07, 6.45) is 2.11. The van der Waals surface area contributed by atoms with Gasteiger partial charge in [0.2, 0.25) is 0 Å². The predicted octanol–water partition coefficient (Wildman–Crippen LogP) is 1.78. The van der Waals surface area contributed by atoms with Crippen molar-refractivity contribution >= 4 is 17.7 Å². The molecule has 0 aliphatic carbocycles. The van der Waals surface area contributed by atoms with Gasteiger partial charge in [-0.2, -0.15) is 11.8 Å². The van der Waals surface area contributed by atoms with E-state index in [9.17, 15) is 4.79 Å². The molecule has 0 aromatic heterocycles. The van der Waals surface area contributed by atoms with Crippen molar-refractivity contribution < 1.29 is 19.4 Å². The van der Waals surface area contributed by atoms with Gasteiger partial charge in [0.05, 0.1) is 0 Å². The third kappa shape index (κ3) is 5.18. The summed E-state index contributed by atoms with van der Waals surface area (Å²) in [4.78, 5) is 10.8. The van der Waals surface area contributed by atoms with Gasteiger partial charge in [-0.3, -0.25) is 0 Å². The lowest BCUT2D eigenvalue weighted by atomic mass is 10.2. The topological polar surface area (TPSA) is 55.8 Å². The van der Waals surface area contributed by atoms with Gasteiger partial charge in [0.15, 0.2) is 6.10 Å². The zero-order valence-corrected chi connectivity index (χ0v) is 10.5. The third-order valence-electron chi connectivity index (χ3n) is 2.55. The van der Waals surface area contributed by atoms with Crippen molar-refractivity contribution in [1.82, 2.24) is 0 Å². The molecule has 0 spiro atoms. The van der Waals surface area contributed by atoms with Gasteiger partial charge in [-0.1, -0.05) is 0 Å². The quantitative estimate of drug-likeness (QED) is 0.744. The van der Waals surface area contributed by atoms with Crippen LogP contribution in [0.15, 0.2) is 0 Å². The number of carbonyl (C=O) groups is 1. The molecule has 1 rings (SSSR count). The number of aliphatic carboxylic acids is 1. The second kappa shape index (κ2) is 7.92. The van der Waals surface area contributed by atoms with Gasteiger partial charge in [-0.05, 0) is 31.9 Å². The molecule has 1 saturated heterocycles. The summed E-state index contributed by atoms with van der Waals surface area (Å²) < 4.78 is 10.4. The number of carboxylic acids is 1. The highest BCUT2D eigenvalue weighted by Crippen LogP contribution is 2.23. The number of carboxylic acid groups (broad SMARTS) is 1. The highest BCUT2D eigenvalue weighted by Gasteiger charge is 2.19. The molecule has 5 heteroatoms. The van der Waals surface area contributed by atoms with Crippen molar-refractivity contribution in [2.75, 3.05) is 25.6 Å². The van der Waals surface area contributed by atoms with E-state index >= 15 is 0 Å². The van der Waals surface area contributed by atoms with Crippen LogP contribution in [-0.4, -0.2) is 48.0 Å². The lowest BCUT2D eigenvalue weighted by Crippen LogP contribution is -2.25. The zero-order chi connectivity index (χ0) is 11.8. The van der Waals surface area contributed by atoms with E-state index in [1.54, 1.807) is 0 Å². The van der Waals surface area contributed by atoms with Crippen molar-refractivity contribution in [3.63, 3.8) is 0 Å². The maximum absolute atomic E-state index is 10.8. The fraction of sp³-hybridized carbons (Fsp3) is 0.909. The first kappa shape index (κ1) is 13.8. The largest absolute Gasteiger partial charge is 0.479 e. The van der Waals surface area contributed by atoms with Gasteiger partial charge < -0.3 is 14.6 Å². The Kier molecular flexibility index (Phi) is 6.84. The van der Waals surface area contributed by atoms with Crippen LogP contribution in [-0.2, 0) is 14.3 Å². The van der Waals surface area contributed by atoms with Gasteiger partial charge in [-0.15, -0.1) is 0 Å². The minimum Gasteiger partial charge on any atom is -0.479 e. The van der Waals surface area contributed by atoms with Crippen LogP contribution in [0.2, 0.25) is 0 Å². The Balaban J connectivity index is 2.13. The van der Waals surface area contributed by atoms with E-state index in [4.69, 9.17) is 14.6 Å². The van der Waals surface area contributed by atoms with Crippen molar-refractivity contribution in [3.8, 4) is 0 Å². The molecule has 0 saturated carbocycles. The summed E-state index contributed by atoms with van der Waals surface area (Å²) in [5.41, 5.74) is 0. The average molecular weight is 248 g/mol. The van der Waals surface area contributed by atoms with E-state index in [2.05, 4.69) is 0 Å². The van der Waals surface area contributed by atoms with E-state index in [1.165, 1.54) is 0 Å². The molecule has 0 aromatic carbocycles. The minimum absolute atomic E-state index is 0.457. The fourth-order valence-electron chi connectivity index (χ4n) is 1.66. The summed E-state index contributed by atoms with van der Waals surface area (Å²) in [6, 6.07) is 0. The van der Waals surface area contributed by atoms with E-state index < -0.39 is 12.1 Å². The highest BCUT2D eigenvalue weighted by molar-refractivity contribution is 7.99. The molecular weight excluding hydrogens is 228 g/mol. The van der Waals surface area contributed by atoms with Crippen LogP contribution >= 0.6 is 11.8 Å². The first-order valence-corrected chi connectivity index (χ1v) is 6.82. The molecule has 4 nitrogen and oxygen atoms in total. The molecule has 0 radical (unpaired) electrons. The maximum Gasteiger partial charge on any atom is 0.332 e. The third-order valence-corrected chi connectivity index (χ3v) is 3.96. The van der Waals surface area contributed by atoms with Gasteiger partial charge in [-0.25, -0.2) is 4.79 Å². The molecule has 1 fully saturated rings. The van der Waals surface area contributed by atoms with E-state index in [1.807, 2.05) is 18.7 Å². The lowest BCUT2D eigenvalue weighted by molar-refractivity contribution is -0.150. The molecule has 1 aliphatic heterocycles. The molecule has 0 amide bonds. The monoisotopic (exact) mass is 248 g/mol. The highest BCUT2D eigenvalue weighted by atomic mass is 32.2. The minimum atomic E-state index is -0.852. The number of rotatable bonds is 7. The Morgan fingerprint density at radius 2 is 2.25 bits per heavy atom. The second-order valence-corrected chi connectivity index (χ2v) is 5.16. The Morgan fingerprint density at radius 1 is 1.56 bits per heavy atom. The molecule has 1 aliphatic rings. The molecule has 1 atom stereocenters. The van der Waals surface area contributed by atoms with Crippen LogP contribution < -0.4 is 0 Å². The lowest BCUT2D eigenvalue weighted by Gasteiger charge is -2.22. The van der Waals surface area contributed by atoms with Crippen LogP contribution in [0.1, 0.15) is 26.2 Å². The first-order valence-electron chi connectivity index (χ1n) is 5.77. The van der Waals surface area contributed by atoms with Crippen LogP contribution in [0.5, 0.6) is 0 Å². The van der Waals surface area contributed by atoms with Crippen molar-refractivity contribution in [2.45, 2.75) is 37.5 Å². The van der Waals surface area contributed by atoms with Crippen molar-refractivity contribution in [3.05, 3.63) is 0 Å². The number of ether oxygens (including phenoxy) is 2. The molecule has 0 bridgehead atoms. The van der Waals surface area contributed by atoms with E-state index in [0.29, 0.717) is 18.3 Å². The van der Waals surface area contributed by atoms with E-state index in [0.717, 1.165) is 31.8 Å². The molecular formula is C11H20O4S. The van der Waals surface area contributed by atoms with Gasteiger partial charge >= 0.3 is 5.97 Å². The fourth-order valence-corrected chi connectivity index (χ4v) is 2.87. The summed E-state index contributed by atoms with van der Waals surface area (Å²) in [5, 5.41) is 9.52. The smallest absolute Gasteiger partial charge is 0.332 e. The summed E-state index contributed by atoms with van der Waals surface area (Å²) >= 11 is 1.85. The van der Waals surface area contributed by atoms with Crippen LogP contribution in [0, 0.1) is 0 Å². The molecule has 1 heterocycles. The molecule has 94 valence electrons. The number of hydrogen-bond donors (Lipinski definition) is 1. The molecule has 0 aromatic rings. The van der Waals surface area contributed by atoms with Crippen molar-refractivity contribution in [1.29, 1.82) is 0 Å². The van der Waals surface area contributed by atoms with Crippen LogP contribution in [0.3, 0.4) is 0 Å². The summed E-state index contributed by atoms with van der Waals surface area (Å²) in [5.74, 6) is -0.00354. The second-order valence-electron chi connectivity index (χ2n) is 3.75. The number of thioether (sulfide) groups is 1. The predicted molar refractivity (Wildman–Crippen MR) is 64.0 cm³/mol. The van der Waals surface area contributed by atoms with Gasteiger partial charge in [0, 0.05) is 25.1 Å². The standard InChI is InChI=1S/C11H20O4S/c1-2-15-10(11(12)13)5-8-16-9-3-6-14-7-4-9/h9-10H,2-8H2,1H3,(H,12,13). The Morgan fingerprint density at radius 3 is 2.81 bits per heavy atom. The average Bonchev–Trinajstić information content (AvgIpc) is 2.29. The number of hydrogen-bond acceptors (Lipinski definition) is 4. The normalized spacial score (nSPS) is 19.6. The molecule has 16 heavy (non-hydrogen) atoms. The van der Waals surface area contributed by atoms with Crippen molar-refractivity contribution in [2.24, 2.45) is 0 Å². The van der Waals surface area contributed by atoms with Crippen LogP contribution in [0.25, 0.3) is 0 Å². The zero-order valence-electron chi connectivity index (χ0n) is 9.68. The summed E-state index contributed by atoms with van der Waals surface area (Å²) in [7, 11) is 0. The van der Waals surface area contributed by atoms with Gasteiger partial charge in [0.1, 0.15) is 0 Å². The SMILES string of the molecule is CCOC(CCSC1CCOCC1)C(=O)O. The first-order chi connectivity index (χ1) is 7.74. The Labute approximate surface area is 101 Å². The summed E-state index contributed by atoms with van der Waals surface area (Å²) in [6.45, 7) is 3.96. The molecule has 1 N–H and O–H groups in total. The Hall–Kier alpha value is -0.260. The van der Waals surface area contributed by atoms with E-state index in [-0.39, 0.29) is 0 Å². The maximum atomic E-state index is 10.8. The Bertz CT molecular complexity index is 204.